The summed E-state index contributed by atoms with van der Waals surface area (Å²) in [4.78, 5) is 4.50. The SMILES string of the molecule is Cc1csc(C(C)NC(C)c2ccc(Cl)c(Cl)c2)n1. The van der Waals surface area contributed by atoms with Gasteiger partial charge in [0.1, 0.15) is 5.01 Å². The van der Waals surface area contributed by atoms with Crippen LogP contribution in [0.4, 0.5) is 0 Å². The summed E-state index contributed by atoms with van der Waals surface area (Å²) in [5, 5.41) is 7.86. The van der Waals surface area contributed by atoms with Crippen LogP contribution in [0, 0.1) is 6.92 Å². The van der Waals surface area contributed by atoms with Crippen LogP contribution < -0.4 is 5.32 Å². The van der Waals surface area contributed by atoms with E-state index in [1.54, 1.807) is 11.3 Å². The van der Waals surface area contributed by atoms with Crippen LogP contribution in [0.3, 0.4) is 0 Å². The van der Waals surface area contributed by atoms with Gasteiger partial charge in [0.2, 0.25) is 0 Å². The summed E-state index contributed by atoms with van der Waals surface area (Å²) < 4.78 is 0. The number of aromatic nitrogens is 1. The first kappa shape index (κ1) is 14.8. The fourth-order valence-electron chi connectivity index (χ4n) is 1.90. The molecule has 0 bridgehead atoms. The van der Waals surface area contributed by atoms with Gasteiger partial charge >= 0.3 is 0 Å². The fourth-order valence-corrected chi connectivity index (χ4v) is 3.01. The highest BCUT2D eigenvalue weighted by molar-refractivity contribution is 7.09. The van der Waals surface area contributed by atoms with Crippen molar-refractivity contribution >= 4 is 34.5 Å². The monoisotopic (exact) mass is 314 g/mol. The van der Waals surface area contributed by atoms with E-state index in [-0.39, 0.29) is 12.1 Å². The lowest BCUT2D eigenvalue weighted by Crippen LogP contribution is -2.22. The first-order chi connectivity index (χ1) is 8.97. The summed E-state index contributed by atoms with van der Waals surface area (Å²) in [6.07, 6.45) is 0. The molecule has 0 aliphatic rings. The molecule has 2 aromatic rings. The van der Waals surface area contributed by atoms with Crippen LogP contribution in [-0.2, 0) is 0 Å². The van der Waals surface area contributed by atoms with Gasteiger partial charge in [0.05, 0.1) is 16.1 Å². The van der Waals surface area contributed by atoms with E-state index in [0.29, 0.717) is 10.0 Å². The Morgan fingerprint density at radius 1 is 1.16 bits per heavy atom. The molecule has 0 spiro atoms. The number of aryl methyl sites for hydroxylation is 1. The lowest BCUT2D eigenvalue weighted by molar-refractivity contribution is 0.492. The topological polar surface area (TPSA) is 24.9 Å². The highest BCUT2D eigenvalue weighted by atomic mass is 35.5. The van der Waals surface area contributed by atoms with Gasteiger partial charge in [-0.1, -0.05) is 29.3 Å². The van der Waals surface area contributed by atoms with Crippen LogP contribution in [0.25, 0.3) is 0 Å². The summed E-state index contributed by atoms with van der Waals surface area (Å²) in [6.45, 7) is 6.23. The molecule has 2 atom stereocenters. The highest BCUT2D eigenvalue weighted by Gasteiger charge is 2.14. The van der Waals surface area contributed by atoms with Crippen molar-refractivity contribution in [2.45, 2.75) is 32.9 Å². The molecule has 1 aromatic heterocycles. The van der Waals surface area contributed by atoms with E-state index in [0.717, 1.165) is 16.3 Å². The summed E-state index contributed by atoms with van der Waals surface area (Å²) >= 11 is 13.7. The third-order valence-electron chi connectivity index (χ3n) is 2.95. The number of hydrogen-bond acceptors (Lipinski definition) is 3. The molecule has 0 aliphatic carbocycles. The second kappa shape index (κ2) is 6.23. The molecule has 19 heavy (non-hydrogen) atoms. The Morgan fingerprint density at radius 2 is 1.89 bits per heavy atom. The molecule has 1 aromatic carbocycles. The van der Waals surface area contributed by atoms with Gasteiger partial charge in [-0.25, -0.2) is 4.98 Å². The Labute approximate surface area is 127 Å². The largest absolute Gasteiger partial charge is 0.302 e. The maximum atomic E-state index is 6.04. The lowest BCUT2D eigenvalue weighted by Gasteiger charge is -2.19. The lowest BCUT2D eigenvalue weighted by atomic mass is 10.1. The van der Waals surface area contributed by atoms with Crippen LogP contribution in [-0.4, -0.2) is 4.98 Å². The van der Waals surface area contributed by atoms with Crippen molar-refractivity contribution < 1.29 is 0 Å². The third-order valence-corrected chi connectivity index (χ3v) is 4.84. The van der Waals surface area contributed by atoms with E-state index < -0.39 is 0 Å². The molecular formula is C14H16Cl2N2S. The quantitative estimate of drug-likeness (QED) is 0.842. The minimum absolute atomic E-state index is 0.189. The molecule has 2 nitrogen and oxygen atoms in total. The Morgan fingerprint density at radius 3 is 2.47 bits per heavy atom. The van der Waals surface area contributed by atoms with Crippen molar-refractivity contribution in [1.82, 2.24) is 10.3 Å². The summed E-state index contributed by atoms with van der Waals surface area (Å²) in [5.74, 6) is 0. The first-order valence-corrected chi connectivity index (χ1v) is 7.74. The minimum Gasteiger partial charge on any atom is -0.302 e. The molecule has 0 saturated heterocycles. The number of rotatable bonds is 4. The van der Waals surface area contributed by atoms with Gasteiger partial charge in [-0.3, -0.25) is 0 Å². The Hall–Kier alpha value is -0.610. The molecule has 5 heteroatoms. The average Bonchev–Trinajstić information content (AvgIpc) is 2.79. The summed E-state index contributed by atoms with van der Waals surface area (Å²) in [6, 6.07) is 6.13. The van der Waals surface area contributed by atoms with E-state index in [1.807, 2.05) is 25.1 Å². The van der Waals surface area contributed by atoms with Crippen molar-refractivity contribution in [3.63, 3.8) is 0 Å². The van der Waals surface area contributed by atoms with Crippen molar-refractivity contribution in [2.24, 2.45) is 0 Å². The second-order valence-electron chi connectivity index (χ2n) is 4.61. The zero-order valence-electron chi connectivity index (χ0n) is 11.1. The maximum absolute atomic E-state index is 6.04. The van der Waals surface area contributed by atoms with Gasteiger partial charge in [0, 0.05) is 17.1 Å². The van der Waals surface area contributed by atoms with Gasteiger partial charge in [0.15, 0.2) is 0 Å². The third kappa shape index (κ3) is 3.69. The number of nitrogens with one attached hydrogen (secondary N) is 1. The number of nitrogens with zero attached hydrogens (tertiary/aromatic N) is 1. The smallest absolute Gasteiger partial charge is 0.110 e. The van der Waals surface area contributed by atoms with Gasteiger partial charge < -0.3 is 5.32 Å². The molecule has 0 saturated carbocycles. The van der Waals surface area contributed by atoms with Gasteiger partial charge in [-0.15, -0.1) is 11.3 Å². The molecule has 102 valence electrons. The van der Waals surface area contributed by atoms with Crippen LogP contribution >= 0.6 is 34.5 Å². The number of thiazole rings is 1. The average molecular weight is 315 g/mol. The molecule has 0 radical (unpaired) electrons. The predicted molar refractivity (Wildman–Crippen MR) is 83.3 cm³/mol. The van der Waals surface area contributed by atoms with Crippen molar-refractivity contribution in [1.29, 1.82) is 0 Å². The number of hydrogen-bond donors (Lipinski definition) is 1. The Balaban J connectivity index is 2.07. The van der Waals surface area contributed by atoms with Gasteiger partial charge in [-0.05, 0) is 38.5 Å². The van der Waals surface area contributed by atoms with Crippen molar-refractivity contribution in [3.8, 4) is 0 Å². The second-order valence-corrected chi connectivity index (χ2v) is 6.31. The zero-order chi connectivity index (χ0) is 14.0. The number of benzene rings is 1. The standard InChI is InChI=1S/C14H16Cl2N2S/c1-8-7-19-14(17-8)10(3)18-9(2)11-4-5-12(15)13(16)6-11/h4-7,9-10,18H,1-3H3. The molecule has 2 unspecified atom stereocenters. The summed E-state index contributed by atoms with van der Waals surface area (Å²) in [5.41, 5.74) is 2.19. The van der Waals surface area contributed by atoms with Crippen LogP contribution in [0.2, 0.25) is 10.0 Å². The molecule has 1 heterocycles. The highest BCUT2D eigenvalue weighted by Crippen LogP contribution is 2.27. The van der Waals surface area contributed by atoms with Gasteiger partial charge in [0.25, 0.3) is 0 Å². The van der Waals surface area contributed by atoms with E-state index in [4.69, 9.17) is 23.2 Å². The van der Waals surface area contributed by atoms with E-state index in [1.165, 1.54) is 0 Å². The molecule has 0 aliphatic heterocycles. The van der Waals surface area contributed by atoms with Crippen LogP contribution in [0.15, 0.2) is 23.6 Å². The maximum Gasteiger partial charge on any atom is 0.110 e. The first-order valence-electron chi connectivity index (χ1n) is 6.10. The van der Waals surface area contributed by atoms with E-state index in [9.17, 15) is 0 Å². The van der Waals surface area contributed by atoms with Crippen molar-refractivity contribution in [2.75, 3.05) is 0 Å². The summed E-state index contributed by atoms with van der Waals surface area (Å²) in [7, 11) is 0. The predicted octanol–water partition coefficient (Wildman–Crippen LogP) is 5.17. The number of halogens is 2. The van der Waals surface area contributed by atoms with E-state index >= 15 is 0 Å². The molecule has 0 fully saturated rings. The Kier molecular flexibility index (Phi) is 4.85. The minimum atomic E-state index is 0.189. The molecule has 1 N–H and O–H groups in total. The van der Waals surface area contributed by atoms with E-state index in [2.05, 4.69) is 29.5 Å². The van der Waals surface area contributed by atoms with Crippen molar-refractivity contribution in [3.05, 3.63) is 49.9 Å². The fraction of sp³-hybridized carbons (Fsp3) is 0.357. The van der Waals surface area contributed by atoms with Gasteiger partial charge in [-0.2, -0.15) is 0 Å². The molecular weight excluding hydrogens is 299 g/mol. The Bertz CT molecular complexity index is 568. The molecule has 2 rings (SSSR count). The molecule has 0 amide bonds. The van der Waals surface area contributed by atoms with Crippen LogP contribution in [0.1, 0.15) is 42.2 Å². The normalized spacial score (nSPS) is 14.4. The van der Waals surface area contributed by atoms with Crippen LogP contribution in [0.5, 0.6) is 0 Å². The zero-order valence-corrected chi connectivity index (χ0v) is 13.4.